The number of carbonyl (C=O) groups excluding carboxylic acids is 4. The molecule has 2 fully saturated rings. The fourth-order valence-corrected chi connectivity index (χ4v) is 4.61. The second-order valence-corrected chi connectivity index (χ2v) is 8.39. The number of imide groups is 1. The van der Waals surface area contributed by atoms with Gasteiger partial charge in [-0.25, -0.2) is 0 Å². The number of likely N-dealkylation sites (N-methyl/N-ethyl adjacent to an activating group) is 1. The van der Waals surface area contributed by atoms with E-state index in [4.69, 9.17) is 4.74 Å². The van der Waals surface area contributed by atoms with Gasteiger partial charge in [-0.05, 0) is 38.3 Å². The molecule has 2 aliphatic heterocycles. The maximum Gasteiger partial charge on any atom is 0.416 e. The first-order chi connectivity index (χ1) is 15.5. The molecule has 2 heterocycles. The van der Waals surface area contributed by atoms with Crippen LogP contribution in [0.25, 0.3) is 0 Å². The average molecular weight is 468 g/mol. The highest BCUT2D eigenvalue weighted by atomic mass is 19.4. The second-order valence-electron chi connectivity index (χ2n) is 8.39. The first-order valence-electron chi connectivity index (χ1n) is 11.0. The summed E-state index contributed by atoms with van der Waals surface area (Å²) in [6, 6.07) is 4.25. The first kappa shape index (κ1) is 24.7. The van der Waals surface area contributed by atoms with Gasteiger partial charge < -0.3 is 9.64 Å². The minimum atomic E-state index is -4.64. The van der Waals surface area contributed by atoms with E-state index < -0.39 is 53.2 Å². The van der Waals surface area contributed by atoms with E-state index in [9.17, 15) is 32.3 Å². The number of nitrogens with zero attached hydrogens (tertiary/aromatic N) is 2. The molecule has 1 aromatic carbocycles. The summed E-state index contributed by atoms with van der Waals surface area (Å²) in [5.41, 5.74) is -2.69. The molecule has 180 valence electrons. The number of alkyl halides is 3. The first-order valence-corrected chi connectivity index (χ1v) is 11.0. The molecule has 0 N–H and O–H groups in total. The molecule has 1 aromatic rings. The zero-order valence-corrected chi connectivity index (χ0v) is 18.6. The number of halogens is 3. The lowest BCUT2D eigenvalue weighted by Gasteiger charge is -2.35. The van der Waals surface area contributed by atoms with E-state index in [2.05, 4.69) is 0 Å². The lowest BCUT2D eigenvalue weighted by molar-refractivity contribution is -0.152. The molecule has 2 saturated heterocycles. The van der Waals surface area contributed by atoms with Gasteiger partial charge in [0, 0.05) is 32.5 Å². The van der Waals surface area contributed by atoms with Crippen LogP contribution in [0.5, 0.6) is 0 Å². The number of hydrogen-bond acceptors (Lipinski definition) is 5. The lowest BCUT2D eigenvalue weighted by atomic mass is 9.75. The highest BCUT2D eigenvalue weighted by Crippen LogP contribution is 2.42. The van der Waals surface area contributed by atoms with Gasteiger partial charge in [0.05, 0.1) is 23.5 Å². The van der Waals surface area contributed by atoms with Gasteiger partial charge in [-0.3, -0.25) is 24.1 Å². The standard InChI is InChI=1S/C23H27F3N2O5/c1-3-28-19(30)13-22(21(28)32,16-8-5-9-17(11-16)23(24,25)26)12-18(29)27-10-6-7-15(14-27)20(31)33-4-2/h5,8-9,11,15H,3-4,6-7,10,12-14H2,1-2H3/t15-,22-/m1/s1. The normalized spacial score (nSPS) is 23.7. The van der Waals surface area contributed by atoms with E-state index in [1.165, 1.54) is 17.0 Å². The largest absolute Gasteiger partial charge is 0.466 e. The number of likely N-dealkylation sites (tertiary alicyclic amines) is 2. The summed E-state index contributed by atoms with van der Waals surface area (Å²) < 4.78 is 45.1. The van der Waals surface area contributed by atoms with Gasteiger partial charge in [0.2, 0.25) is 17.7 Å². The fourth-order valence-electron chi connectivity index (χ4n) is 4.61. The van der Waals surface area contributed by atoms with E-state index >= 15 is 0 Å². The number of piperidine rings is 1. The number of carbonyl (C=O) groups is 4. The average Bonchev–Trinajstić information content (AvgIpc) is 3.03. The van der Waals surface area contributed by atoms with E-state index in [1.54, 1.807) is 13.8 Å². The van der Waals surface area contributed by atoms with Crippen molar-refractivity contribution < 1.29 is 37.1 Å². The molecular formula is C23H27F3N2O5. The highest BCUT2D eigenvalue weighted by molar-refractivity contribution is 6.10. The van der Waals surface area contributed by atoms with Crippen molar-refractivity contribution >= 4 is 23.7 Å². The highest BCUT2D eigenvalue weighted by Gasteiger charge is 2.54. The van der Waals surface area contributed by atoms with Crippen LogP contribution in [0.4, 0.5) is 13.2 Å². The Hall–Kier alpha value is -2.91. The maximum absolute atomic E-state index is 13.3. The quantitative estimate of drug-likeness (QED) is 0.474. The van der Waals surface area contributed by atoms with Gasteiger partial charge in [0.1, 0.15) is 0 Å². The van der Waals surface area contributed by atoms with Crippen molar-refractivity contribution in [3.63, 3.8) is 0 Å². The number of hydrogen-bond donors (Lipinski definition) is 0. The molecule has 2 atom stereocenters. The summed E-state index contributed by atoms with van der Waals surface area (Å²) in [5, 5.41) is 0. The molecule has 2 aliphatic rings. The van der Waals surface area contributed by atoms with Crippen molar-refractivity contribution in [2.75, 3.05) is 26.2 Å². The maximum atomic E-state index is 13.3. The van der Waals surface area contributed by atoms with Crippen LogP contribution in [0.2, 0.25) is 0 Å². The van der Waals surface area contributed by atoms with Gasteiger partial charge in [0.25, 0.3) is 0 Å². The number of benzene rings is 1. The van der Waals surface area contributed by atoms with Gasteiger partial charge in [-0.1, -0.05) is 18.2 Å². The van der Waals surface area contributed by atoms with Gasteiger partial charge in [-0.2, -0.15) is 13.2 Å². The molecule has 0 unspecified atom stereocenters. The minimum absolute atomic E-state index is 0.0149. The summed E-state index contributed by atoms with van der Waals surface area (Å²) >= 11 is 0. The zero-order valence-electron chi connectivity index (χ0n) is 18.6. The second kappa shape index (κ2) is 9.52. The molecule has 7 nitrogen and oxygen atoms in total. The van der Waals surface area contributed by atoms with Crippen LogP contribution in [0.1, 0.15) is 50.7 Å². The summed E-state index contributed by atoms with van der Waals surface area (Å²) in [6.45, 7) is 4.01. The van der Waals surface area contributed by atoms with Crippen LogP contribution in [0, 0.1) is 5.92 Å². The molecular weight excluding hydrogens is 441 g/mol. The Morgan fingerprint density at radius 3 is 2.55 bits per heavy atom. The van der Waals surface area contributed by atoms with Crippen molar-refractivity contribution in [1.29, 1.82) is 0 Å². The van der Waals surface area contributed by atoms with Crippen LogP contribution >= 0.6 is 0 Å². The van der Waals surface area contributed by atoms with Crippen molar-refractivity contribution in [3.05, 3.63) is 35.4 Å². The van der Waals surface area contributed by atoms with Gasteiger partial charge >= 0.3 is 12.1 Å². The van der Waals surface area contributed by atoms with E-state index in [0.29, 0.717) is 19.4 Å². The molecule has 0 radical (unpaired) electrons. The molecule has 10 heteroatoms. The van der Waals surface area contributed by atoms with Crippen molar-refractivity contribution in [2.24, 2.45) is 5.92 Å². The van der Waals surface area contributed by atoms with E-state index in [-0.39, 0.29) is 31.7 Å². The molecule has 0 aromatic heterocycles. The monoisotopic (exact) mass is 468 g/mol. The third kappa shape index (κ3) is 4.89. The predicted octanol–water partition coefficient (Wildman–Crippen LogP) is 2.91. The minimum Gasteiger partial charge on any atom is -0.466 e. The van der Waals surface area contributed by atoms with Crippen molar-refractivity contribution in [2.45, 2.75) is 51.1 Å². The molecule has 33 heavy (non-hydrogen) atoms. The number of ether oxygens (including phenoxy) is 1. The van der Waals surface area contributed by atoms with Crippen molar-refractivity contribution in [1.82, 2.24) is 9.80 Å². The Kier molecular flexibility index (Phi) is 7.14. The summed E-state index contributed by atoms with van der Waals surface area (Å²) in [5.74, 6) is -2.61. The topological polar surface area (TPSA) is 84.0 Å². The third-order valence-electron chi connectivity index (χ3n) is 6.31. The van der Waals surface area contributed by atoms with Gasteiger partial charge in [0.15, 0.2) is 0 Å². The smallest absolute Gasteiger partial charge is 0.416 e. The Labute approximate surface area is 189 Å². The van der Waals surface area contributed by atoms with E-state index in [0.717, 1.165) is 17.0 Å². The number of esters is 1. The SMILES string of the molecule is CCOC(=O)[C@@H]1CCCN(C(=O)C[C@]2(c3cccc(C(F)(F)F)c3)CC(=O)N(CC)C2=O)C1. The Balaban J connectivity index is 1.94. The fraction of sp³-hybridized carbons (Fsp3) is 0.565. The Morgan fingerprint density at radius 1 is 1.21 bits per heavy atom. The van der Waals surface area contributed by atoms with Crippen LogP contribution < -0.4 is 0 Å². The molecule has 0 bridgehead atoms. The number of rotatable bonds is 6. The number of amides is 3. The summed E-state index contributed by atoms with van der Waals surface area (Å²) in [4.78, 5) is 53.6. The Bertz CT molecular complexity index is 948. The molecule has 0 saturated carbocycles. The van der Waals surface area contributed by atoms with Crippen LogP contribution in [-0.4, -0.2) is 59.7 Å². The molecule has 3 amide bonds. The van der Waals surface area contributed by atoms with E-state index in [1.807, 2.05) is 0 Å². The van der Waals surface area contributed by atoms with Gasteiger partial charge in [-0.15, -0.1) is 0 Å². The third-order valence-corrected chi connectivity index (χ3v) is 6.31. The lowest BCUT2D eigenvalue weighted by Crippen LogP contribution is -2.47. The summed E-state index contributed by atoms with van der Waals surface area (Å²) in [6.07, 6.45) is -4.37. The van der Waals surface area contributed by atoms with Crippen LogP contribution in [-0.2, 0) is 35.5 Å². The summed E-state index contributed by atoms with van der Waals surface area (Å²) in [7, 11) is 0. The molecule has 0 aliphatic carbocycles. The molecule has 3 rings (SSSR count). The predicted molar refractivity (Wildman–Crippen MR) is 111 cm³/mol. The zero-order chi connectivity index (χ0) is 24.4. The van der Waals surface area contributed by atoms with Crippen LogP contribution in [0.15, 0.2) is 24.3 Å². The molecule has 0 spiro atoms. The van der Waals surface area contributed by atoms with Crippen molar-refractivity contribution in [3.8, 4) is 0 Å². The van der Waals surface area contributed by atoms with Crippen LogP contribution in [0.3, 0.4) is 0 Å². The Morgan fingerprint density at radius 2 is 1.94 bits per heavy atom.